The van der Waals surface area contributed by atoms with E-state index in [9.17, 15) is 19.2 Å². The third kappa shape index (κ3) is 5.43. The zero-order chi connectivity index (χ0) is 20.8. The summed E-state index contributed by atoms with van der Waals surface area (Å²) in [6.07, 6.45) is 5.06. The molecule has 2 amide bonds. The van der Waals surface area contributed by atoms with Crippen LogP contribution in [0.5, 0.6) is 0 Å². The lowest BCUT2D eigenvalue weighted by Crippen LogP contribution is -2.38. The van der Waals surface area contributed by atoms with Gasteiger partial charge >= 0.3 is 5.69 Å². The minimum Gasteiger partial charge on any atom is -0.341 e. The SMILES string of the molecule is Cn1nccc1CCC(=O)N1CCCN(C(=O)CCn2ccc(=O)[nH]c2=O)CC1. The highest BCUT2D eigenvalue weighted by Crippen LogP contribution is 2.09. The monoisotopic (exact) mass is 402 g/mol. The molecule has 10 heteroatoms. The zero-order valence-electron chi connectivity index (χ0n) is 16.5. The molecule has 10 nitrogen and oxygen atoms in total. The second-order valence-corrected chi connectivity index (χ2v) is 7.11. The third-order valence-electron chi connectivity index (χ3n) is 5.18. The smallest absolute Gasteiger partial charge is 0.328 e. The molecule has 1 saturated heterocycles. The average Bonchev–Trinajstić information content (AvgIpc) is 2.95. The van der Waals surface area contributed by atoms with Gasteiger partial charge in [0.1, 0.15) is 0 Å². The van der Waals surface area contributed by atoms with Crippen molar-refractivity contribution in [1.29, 1.82) is 0 Å². The van der Waals surface area contributed by atoms with Crippen molar-refractivity contribution >= 4 is 11.8 Å². The van der Waals surface area contributed by atoms with Gasteiger partial charge in [0.15, 0.2) is 0 Å². The van der Waals surface area contributed by atoms with Crippen molar-refractivity contribution in [2.45, 2.75) is 32.2 Å². The molecule has 1 aliphatic heterocycles. The normalized spacial score (nSPS) is 14.7. The summed E-state index contributed by atoms with van der Waals surface area (Å²) >= 11 is 0. The second kappa shape index (κ2) is 9.35. The number of hydrogen-bond acceptors (Lipinski definition) is 5. The Hall–Kier alpha value is -3.17. The molecular formula is C19H26N6O4. The molecule has 0 unspecified atom stereocenters. The molecule has 0 aromatic carbocycles. The maximum atomic E-state index is 12.5. The lowest BCUT2D eigenvalue weighted by Gasteiger charge is -2.22. The van der Waals surface area contributed by atoms with E-state index in [4.69, 9.17) is 0 Å². The highest BCUT2D eigenvalue weighted by molar-refractivity contribution is 5.78. The molecule has 1 aliphatic rings. The summed E-state index contributed by atoms with van der Waals surface area (Å²) in [6.45, 7) is 2.42. The Morgan fingerprint density at radius 1 is 1.03 bits per heavy atom. The number of rotatable bonds is 6. The van der Waals surface area contributed by atoms with Crippen molar-refractivity contribution in [2.75, 3.05) is 26.2 Å². The van der Waals surface area contributed by atoms with E-state index in [2.05, 4.69) is 10.1 Å². The molecule has 0 radical (unpaired) electrons. The number of H-pyrrole nitrogens is 1. The van der Waals surface area contributed by atoms with Gasteiger partial charge in [0, 0.05) is 76.8 Å². The maximum absolute atomic E-state index is 12.5. The number of aromatic amines is 1. The Kier molecular flexibility index (Phi) is 6.63. The van der Waals surface area contributed by atoms with Crippen molar-refractivity contribution < 1.29 is 9.59 Å². The maximum Gasteiger partial charge on any atom is 0.328 e. The van der Waals surface area contributed by atoms with Gasteiger partial charge < -0.3 is 14.4 Å². The van der Waals surface area contributed by atoms with Gasteiger partial charge in [0.25, 0.3) is 5.56 Å². The summed E-state index contributed by atoms with van der Waals surface area (Å²) < 4.78 is 3.08. The predicted molar refractivity (Wildman–Crippen MR) is 105 cm³/mol. The number of carbonyl (C=O) groups excluding carboxylic acids is 2. The summed E-state index contributed by atoms with van der Waals surface area (Å²) in [4.78, 5) is 53.6. The molecule has 0 bridgehead atoms. The first-order chi connectivity index (χ1) is 13.9. The van der Waals surface area contributed by atoms with Crippen molar-refractivity contribution in [2.24, 2.45) is 7.05 Å². The van der Waals surface area contributed by atoms with Crippen molar-refractivity contribution in [3.8, 4) is 0 Å². The second-order valence-electron chi connectivity index (χ2n) is 7.11. The Balaban J connectivity index is 1.47. The van der Waals surface area contributed by atoms with Crippen molar-refractivity contribution in [3.05, 3.63) is 51.1 Å². The first-order valence-corrected chi connectivity index (χ1v) is 9.76. The van der Waals surface area contributed by atoms with E-state index in [1.807, 2.05) is 18.0 Å². The highest BCUT2D eigenvalue weighted by Gasteiger charge is 2.22. The van der Waals surface area contributed by atoms with Crippen LogP contribution >= 0.6 is 0 Å². The highest BCUT2D eigenvalue weighted by atomic mass is 16.2. The number of nitrogens with one attached hydrogen (secondary N) is 1. The molecule has 29 heavy (non-hydrogen) atoms. The molecule has 2 aromatic heterocycles. The minimum atomic E-state index is -0.522. The summed E-state index contributed by atoms with van der Waals surface area (Å²) in [5.41, 5.74) is 0.0343. The zero-order valence-corrected chi connectivity index (χ0v) is 16.5. The van der Waals surface area contributed by atoms with Crippen LogP contribution in [0.15, 0.2) is 34.1 Å². The summed E-state index contributed by atoms with van der Waals surface area (Å²) in [7, 11) is 1.86. The minimum absolute atomic E-state index is 0.0627. The topological polar surface area (TPSA) is 113 Å². The molecule has 2 aromatic rings. The molecule has 1 N–H and O–H groups in total. The molecular weight excluding hydrogens is 376 g/mol. The van der Waals surface area contributed by atoms with Crippen LogP contribution < -0.4 is 11.2 Å². The Labute approximate surface area is 167 Å². The van der Waals surface area contributed by atoms with Crippen LogP contribution in [0.4, 0.5) is 0 Å². The first kappa shape index (κ1) is 20.6. The lowest BCUT2D eigenvalue weighted by atomic mass is 10.2. The van der Waals surface area contributed by atoms with E-state index in [0.717, 1.165) is 12.1 Å². The molecule has 156 valence electrons. The van der Waals surface area contributed by atoms with Gasteiger partial charge in [-0.15, -0.1) is 0 Å². The predicted octanol–water partition coefficient (Wildman–Crippen LogP) is -0.646. The Morgan fingerprint density at radius 2 is 1.72 bits per heavy atom. The van der Waals surface area contributed by atoms with E-state index in [1.165, 1.54) is 16.8 Å². The summed E-state index contributed by atoms with van der Waals surface area (Å²) in [5.74, 6) is 0.0209. The van der Waals surface area contributed by atoms with Crippen LogP contribution in [0, 0.1) is 0 Å². The van der Waals surface area contributed by atoms with Crippen molar-refractivity contribution in [1.82, 2.24) is 29.1 Å². The quantitative estimate of drug-likeness (QED) is 0.690. The van der Waals surface area contributed by atoms with E-state index in [-0.39, 0.29) is 24.8 Å². The van der Waals surface area contributed by atoms with E-state index in [1.54, 1.807) is 15.8 Å². The van der Waals surface area contributed by atoms with Crippen LogP contribution in [0.3, 0.4) is 0 Å². The van der Waals surface area contributed by atoms with E-state index in [0.29, 0.717) is 39.0 Å². The fourth-order valence-electron chi connectivity index (χ4n) is 3.45. The van der Waals surface area contributed by atoms with Gasteiger partial charge in [0.2, 0.25) is 11.8 Å². The van der Waals surface area contributed by atoms with Crippen LogP contribution in [-0.4, -0.2) is 67.1 Å². The molecule has 0 spiro atoms. The molecule has 0 saturated carbocycles. The lowest BCUT2D eigenvalue weighted by molar-refractivity contribution is -0.133. The fraction of sp³-hybridized carbons (Fsp3) is 0.526. The number of aromatic nitrogens is 4. The number of carbonyl (C=O) groups is 2. The van der Waals surface area contributed by atoms with Gasteiger partial charge in [0.05, 0.1) is 0 Å². The summed E-state index contributed by atoms with van der Waals surface area (Å²) in [5, 5.41) is 4.11. The van der Waals surface area contributed by atoms with Crippen LogP contribution in [-0.2, 0) is 29.6 Å². The number of hydrogen-bond donors (Lipinski definition) is 1. The molecule has 3 rings (SSSR count). The Bertz CT molecular complexity index is 975. The number of amides is 2. The first-order valence-electron chi connectivity index (χ1n) is 9.76. The largest absolute Gasteiger partial charge is 0.341 e. The fourth-order valence-corrected chi connectivity index (χ4v) is 3.45. The van der Waals surface area contributed by atoms with Gasteiger partial charge in [-0.3, -0.25) is 24.0 Å². The standard InChI is InChI=1S/C19H26N6O4/c1-22-15(5-8-20-22)3-4-17(27)23-9-2-10-24(14-13-23)18(28)7-12-25-11-6-16(26)21-19(25)29/h5-6,8,11H,2-4,7,9-10,12-14H2,1H3,(H,21,26,29). The molecule has 1 fully saturated rings. The summed E-state index contributed by atoms with van der Waals surface area (Å²) in [6, 6.07) is 3.16. The van der Waals surface area contributed by atoms with Gasteiger partial charge in [-0.05, 0) is 18.9 Å². The van der Waals surface area contributed by atoms with Gasteiger partial charge in [-0.1, -0.05) is 0 Å². The third-order valence-corrected chi connectivity index (χ3v) is 5.18. The van der Waals surface area contributed by atoms with E-state index >= 15 is 0 Å². The van der Waals surface area contributed by atoms with E-state index < -0.39 is 11.2 Å². The van der Waals surface area contributed by atoms with Gasteiger partial charge in [-0.25, -0.2) is 4.79 Å². The van der Waals surface area contributed by atoms with Crippen LogP contribution in [0.1, 0.15) is 25.0 Å². The van der Waals surface area contributed by atoms with Gasteiger partial charge in [-0.2, -0.15) is 5.10 Å². The van der Waals surface area contributed by atoms with Crippen LogP contribution in [0.25, 0.3) is 0 Å². The molecule has 0 aliphatic carbocycles. The Morgan fingerprint density at radius 3 is 2.34 bits per heavy atom. The van der Waals surface area contributed by atoms with Crippen molar-refractivity contribution in [3.63, 3.8) is 0 Å². The number of aryl methyl sites for hydroxylation is 3. The molecule has 3 heterocycles. The van der Waals surface area contributed by atoms with Crippen LogP contribution in [0.2, 0.25) is 0 Å². The average molecular weight is 402 g/mol. The molecule has 0 atom stereocenters. The number of nitrogens with zero attached hydrogens (tertiary/aromatic N) is 5.